The molecule has 0 saturated heterocycles. The number of benzene rings is 1. The van der Waals surface area contributed by atoms with Gasteiger partial charge in [-0.1, -0.05) is 29.8 Å². The Labute approximate surface area is 95.2 Å². The Kier molecular flexibility index (Phi) is 3.37. The summed E-state index contributed by atoms with van der Waals surface area (Å²) in [6, 6.07) is 8.22. The zero-order valence-corrected chi connectivity index (χ0v) is 9.35. The highest BCUT2D eigenvalue weighted by Crippen LogP contribution is 2.08. The van der Waals surface area contributed by atoms with Gasteiger partial charge >= 0.3 is 0 Å². The average molecular weight is 216 g/mol. The Morgan fingerprint density at radius 3 is 2.94 bits per heavy atom. The monoisotopic (exact) mass is 216 g/mol. The number of nitrogens with zero attached hydrogens (tertiary/aromatic N) is 1. The fourth-order valence-corrected chi connectivity index (χ4v) is 1.82. The van der Waals surface area contributed by atoms with Gasteiger partial charge in [-0.2, -0.15) is 0 Å². The first kappa shape index (κ1) is 10.9. The highest BCUT2D eigenvalue weighted by atomic mass is 16.3. The second-order valence-corrected chi connectivity index (χ2v) is 4.09. The molecule has 1 heterocycles. The van der Waals surface area contributed by atoms with Crippen molar-refractivity contribution in [1.29, 1.82) is 0 Å². The molecule has 1 atom stereocenters. The number of hydrogen-bond donors (Lipinski definition) is 2. The first-order chi connectivity index (χ1) is 7.74. The zero-order valence-electron chi connectivity index (χ0n) is 9.35. The molecule has 0 aliphatic rings. The summed E-state index contributed by atoms with van der Waals surface area (Å²) in [5.41, 5.74) is 2.39. The number of rotatable bonds is 4. The number of aliphatic hydroxyl groups excluding tert-OH is 1. The van der Waals surface area contributed by atoms with E-state index in [0.29, 0.717) is 12.8 Å². The molecule has 0 saturated carbocycles. The lowest BCUT2D eigenvalue weighted by Gasteiger charge is -2.09. The SMILES string of the molecule is Cc1cccc(CC(O)Cc2ncc[nH]2)c1. The smallest absolute Gasteiger partial charge is 0.108 e. The summed E-state index contributed by atoms with van der Waals surface area (Å²) < 4.78 is 0. The van der Waals surface area contributed by atoms with Crippen LogP contribution in [-0.4, -0.2) is 21.2 Å². The Morgan fingerprint density at radius 1 is 1.38 bits per heavy atom. The Bertz CT molecular complexity index is 437. The van der Waals surface area contributed by atoms with Crippen LogP contribution in [0.1, 0.15) is 17.0 Å². The molecule has 0 fully saturated rings. The third-order valence-corrected chi connectivity index (χ3v) is 2.54. The topological polar surface area (TPSA) is 48.9 Å². The molecule has 3 nitrogen and oxygen atoms in total. The Balaban J connectivity index is 1.94. The van der Waals surface area contributed by atoms with Gasteiger partial charge in [0.1, 0.15) is 5.82 Å². The second-order valence-electron chi connectivity index (χ2n) is 4.09. The van der Waals surface area contributed by atoms with Crippen LogP contribution in [0.4, 0.5) is 0 Å². The second kappa shape index (κ2) is 4.94. The van der Waals surface area contributed by atoms with Gasteiger partial charge in [-0.3, -0.25) is 0 Å². The van der Waals surface area contributed by atoms with Gasteiger partial charge in [0.05, 0.1) is 6.10 Å². The van der Waals surface area contributed by atoms with Crippen LogP contribution < -0.4 is 0 Å². The number of aromatic nitrogens is 2. The lowest BCUT2D eigenvalue weighted by Crippen LogP contribution is -2.14. The summed E-state index contributed by atoms with van der Waals surface area (Å²) in [4.78, 5) is 7.09. The van der Waals surface area contributed by atoms with E-state index in [2.05, 4.69) is 29.0 Å². The minimum Gasteiger partial charge on any atom is -0.392 e. The molecule has 84 valence electrons. The van der Waals surface area contributed by atoms with Crippen molar-refractivity contribution in [1.82, 2.24) is 9.97 Å². The highest BCUT2D eigenvalue weighted by Gasteiger charge is 2.08. The van der Waals surface area contributed by atoms with Crippen LogP contribution in [0.25, 0.3) is 0 Å². The van der Waals surface area contributed by atoms with Crippen LogP contribution in [0.15, 0.2) is 36.7 Å². The van der Waals surface area contributed by atoms with E-state index in [1.165, 1.54) is 11.1 Å². The number of aromatic amines is 1. The van der Waals surface area contributed by atoms with Gasteiger partial charge in [-0.25, -0.2) is 4.98 Å². The number of aryl methyl sites for hydroxylation is 1. The Hall–Kier alpha value is -1.61. The number of hydrogen-bond acceptors (Lipinski definition) is 2. The summed E-state index contributed by atoms with van der Waals surface area (Å²) >= 11 is 0. The van der Waals surface area contributed by atoms with E-state index in [0.717, 1.165) is 5.82 Å². The number of aliphatic hydroxyl groups is 1. The van der Waals surface area contributed by atoms with Crippen LogP contribution in [0.5, 0.6) is 0 Å². The average Bonchev–Trinajstić information content (AvgIpc) is 2.70. The molecule has 0 amide bonds. The first-order valence-electron chi connectivity index (χ1n) is 5.46. The molecule has 2 rings (SSSR count). The number of H-pyrrole nitrogens is 1. The van der Waals surface area contributed by atoms with E-state index in [1.54, 1.807) is 12.4 Å². The van der Waals surface area contributed by atoms with Crippen molar-refractivity contribution in [3.05, 3.63) is 53.6 Å². The van der Waals surface area contributed by atoms with E-state index in [4.69, 9.17) is 0 Å². The molecule has 1 aromatic carbocycles. The molecule has 0 aliphatic carbocycles. The van der Waals surface area contributed by atoms with Gasteiger partial charge in [-0.15, -0.1) is 0 Å². The third kappa shape index (κ3) is 2.94. The number of nitrogens with one attached hydrogen (secondary N) is 1. The molecule has 1 unspecified atom stereocenters. The van der Waals surface area contributed by atoms with Crippen LogP contribution in [0.2, 0.25) is 0 Å². The summed E-state index contributed by atoms with van der Waals surface area (Å²) in [6.45, 7) is 2.06. The van der Waals surface area contributed by atoms with E-state index in [9.17, 15) is 5.11 Å². The third-order valence-electron chi connectivity index (χ3n) is 2.54. The minimum atomic E-state index is -0.382. The first-order valence-corrected chi connectivity index (χ1v) is 5.46. The summed E-state index contributed by atoms with van der Waals surface area (Å²) in [6.07, 6.45) is 4.33. The van der Waals surface area contributed by atoms with E-state index >= 15 is 0 Å². The van der Waals surface area contributed by atoms with Gasteiger partial charge in [0.2, 0.25) is 0 Å². The zero-order chi connectivity index (χ0) is 11.4. The fraction of sp³-hybridized carbons (Fsp3) is 0.308. The van der Waals surface area contributed by atoms with Gasteiger partial charge in [0, 0.05) is 18.8 Å². The quantitative estimate of drug-likeness (QED) is 0.819. The van der Waals surface area contributed by atoms with E-state index < -0.39 is 0 Å². The lowest BCUT2D eigenvalue weighted by atomic mass is 10.0. The van der Waals surface area contributed by atoms with Crippen molar-refractivity contribution < 1.29 is 5.11 Å². The fourth-order valence-electron chi connectivity index (χ4n) is 1.82. The van der Waals surface area contributed by atoms with Crippen LogP contribution >= 0.6 is 0 Å². The molecule has 16 heavy (non-hydrogen) atoms. The predicted molar refractivity (Wildman–Crippen MR) is 63.2 cm³/mol. The molecule has 0 radical (unpaired) electrons. The van der Waals surface area contributed by atoms with Crippen molar-refractivity contribution in [3.63, 3.8) is 0 Å². The predicted octanol–water partition coefficient (Wildman–Crippen LogP) is 1.86. The van der Waals surface area contributed by atoms with E-state index in [1.807, 2.05) is 12.1 Å². The van der Waals surface area contributed by atoms with Crippen LogP contribution in [0.3, 0.4) is 0 Å². The standard InChI is InChI=1S/C13H16N2O/c1-10-3-2-4-11(7-10)8-12(16)9-13-14-5-6-15-13/h2-7,12,16H,8-9H2,1H3,(H,14,15). The molecular formula is C13H16N2O. The van der Waals surface area contributed by atoms with Crippen molar-refractivity contribution in [3.8, 4) is 0 Å². The van der Waals surface area contributed by atoms with E-state index in [-0.39, 0.29) is 6.10 Å². The maximum Gasteiger partial charge on any atom is 0.108 e. The van der Waals surface area contributed by atoms with Crippen molar-refractivity contribution in [2.24, 2.45) is 0 Å². The maximum absolute atomic E-state index is 9.91. The summed E-state index contributed by atoms with van der Waals surface area (Å²) in [7, 11) is 0. The molecule has 3 heteroatoms. The van der Waals surface area contributed by atoms with Crippen molar-refractivity contribution in [2.45, 2.75) is 25.9 Å². The molecule has 0 aliphatic heterocycles. The van der Waals surface area contributed by atoms with Crippen molar-refractivity contribution >= 4 is 0 Å². The maximum atomic E-state index is 9.91. The largest absolute Gasteiger partial charge is 0.392 e. The van der Waals surface area contributed by atoms with Gasteiger partial charge < -0.3 is 10.1 Å². The molecular weight excluding hydrogens is 200 g/mol. The molecule has 0 bridgehead atoms. The summed E-state index contributed by atoms with van der Waals surface area (Å²) in [5, 5.41) is 9.91. The van der Waals surface area contributed by atoms with Crippen LogP contribution in [0, 0.1) is 6.92 Å². The molecule has 0 spiro atoms. The molecule has 2 aromatic rings. The molecule has 1 aromatic heterocycles. The Morgan fingerprint density at radius 2 is 2.25 bits per heavy atom. The van der Waals surface area contributed by atoms with Gasteiger partial charge in [-0.05, 0) is 18.9 Å². The molecule has 2 N–H and O–H groups in total. The summed E-state index contributed by atoms with van der Waals surface area (Å²) in [5.74, 6) is 0.833. The minimum absolute atomic E-state index is 0.382. The number of imidazole rings is 1. The van der Waals surface area contributed by atoms with Gasteiger partial charge in [0.15, 0.2) is 0 Å². The van der Waals surface area contributed by atoms with Crippen molar-refractivity contribution in [2.75, 3.05) is 0 Å². The van der Waals surface area contributed by atoms with Gasteiger partial charge in [0.25, 0.3) is 0 Å². The normalized spacial score (nSPS) is 12.6. The lowest BCUT2D eigenvalue weighted by molar-refractivity contribution is 0.173. The van der Waals surface area contributed by atoms with Crippen LogP contribution in [-0.2, 0) is 12.8 Å². The highest BCUT2D eigenvalue weighted by molar-refractivity contribution is 5.22.